The molecular formula is C12H18N4O4S. The Hall–Kier alpha value is -1.77. The maximum absolute atomic E-state index is 12.3. The molecule has 2 N–H and O–H groups in total. The fourth-order valence-corrected chi connectivity index (χ4v) is 3.63. The molecule has 1 aliphatic rings. The predicted molar refractivity (Wildman–Crippen MR) is 75.7 cm³/mol. The molecule has 8 nitrogen and oxygen atoms in total. The summed E-state index contributed by atoms with van der Waals surface area (Å²) >= 11 is 1.50. The van der Waals surface area contributed by atoms with Gasteiger partial charge >= 0.3 is 12.0 Å². The van der Waals surface area contributed by atoms with E-state index < -0.39 is 12.0 Å². The molecule has 0 radical (unpaired) electrons. The number of carbonyl (C=O) groups excluding carboxylic acids is 1. The van der Waals surface area contributed by atoms with Gasteiger partial charge in [0.25, 0.3) is 0 Å². The van der Waals surface area contributed by atoms with E-state index in [1.807, 2.05) is 13.8 Å². The Morgan fingerprint density at radius 3 is 2.95 bits per heavy atom. The van der Waals surface area contributed by atoms with Crippen LogP contribution in [0, 0.1) is 5.92 Å². The lowest BCUT2D eigenvalue weighted by Gasteiger charge is -2.29. The number of nitrogens with zero attached hydrogens (tertiary/aromatic N) is 3. The highest BCUT2D eigenvalue weighted by Gasteiger charge is 2.42. The monoisotopic (exact) mass is 314 g/mol. The van der Waals surface area contributed by atoms with Crippen LogP contribution in [0.1, 0.15) is 19.7 Å². The Labute approximate surface area is 126 Å². The Balaban J connectivity index is 1.94. The minimum absolute atomic E-state index is 0.128. The molecule has 2 atom stereocenters. The molecule has 2 heterocycles. The number of thioether (sulfide) groups is 1. The Kier molecular flexibility index (Phi) is 5.05. The number of aliphatic carboxylic acids is 1. The number of amides is 2. The van der Waals surface area contributed by atoms with Crippen LogP contribution in [0.3, 0.4) is 0 Å². The van der Waals surface area contributed by atoms with Crippen LogP contribution in [0.5, 0.6) is 0 Å². The number of nitrogens with one attached hydrogen (secondary N) is 1. The molecule has 0 aliphatic carbocycles. The van der Waals surface area contributed by atoms with Crippen molar-refractivity contribution in [3.8, 4) is 0 Å². The second-order valence-electron chi connectivity index (χ2n) is 5.06. The summed E-state index contributed by atoms with van der Waals surface area (Å²) in [7, 11) is 0. The van der Waals surface area contributed by atoms with E-state index in [0.29, 0.717) is 24.5 Å². The maximum Gasteiger partial charge on any atom is 0.327 e. The van der Waals surface area contributed by atoms with E-state index >= 15 is 0 Å². The summed E-state index contributed by atoms with van der Waals surface area (Å²) in [4.78, 5) is 28.8. The summed E-state index contributed by atoms with van der Waals surface area (Å²) in [6.07, 6.45) is 1.66. The van der Waals surface area contributed by atoms with Gasteiger partial charge in [0, 0.05) is 18.7 Å². The third-order valence-electron chi connectivity index (χ3n) is 3.16. The molecule has 2 unspecified atom stereocenters. The zero-order valence-corrected chi connectivity index (χ0v) is 12.7. The lowest BCUT2D eigenvalue weighted by molar-refractivity contribution is -0.141. The van der Waals surface area contributed by atoms with Crippen molar-refractivity contribution in [2.45, 2.75) is 31.7 Å². The average Bonchev–Trinajstić information content (AvgIpc) is 3.07. The van der Waals surface area contributed by atoms with Gasteiger partial charge in [-0.2, -0.15) is 4.98 Å². The van der Waals surface area contributed by atoms with Gasteiger partial charge in [0.15, 0.2) is 5.82 Å². The second-order valence-corrected chi connectivity index (χ2v) is 6.21. The Morgan fingerprint density at radius 1 is 1.62 bits per heavy atom. The normalized spacial score (nSPS) is 21.8. The fourth-order valence-electron chi connectivity index (χ4n) is 2.16. The summed E-state index contributed by atoms with van der Waals surface area (Å²) in [6.45, 7) is 4.28. The second kappa shape index (κ2) is 6.79. The highest BCUT2D eigenvalue weighted by Crippen LogP contribution is 2.33. The Bertz CT molecular complexity index is 493. The molecule has 0 spiro atoms. The van der Waals surface area contributed by atoms with Gasteiger partial charge in [0.05, 0.1) is 5.37 Å². The molecule has 1 aromatic heterocycles. The number of aromatic nitrogens is 2. The van der Waals surface area contributed by atoms with Gasteiger partial charge in [0.1, 0.15) is 6.04 Å². The highest BCUT2D eigenvalue weighted by molar-refractivity contribution is 8.00. The van der Waals surface area contributed by atoms with E-state index in [9.17, 15) is 14.7 Å². The van der Waals surface area contributed by atoms with Crippen LogP contribution in [0.15, 0.2) is 10.9 Å². The summed E-state index contributed by atoms with van der Waals surface area (Å²) < 4.78 is 4.60. The summed E-state index contributed by atoms with van der Waals surface area (Å²) in [5, 5.41) is 15.5. The molecule has 21 heavy (non-hydrogen) atoms. The molecule has 1 fully saturated rings. The maximum atomic E-state index is 12.3. The van der Waals surface area contributed by atoms with E-state index in [1.54, 1.807) is 0 Å². The van der Waals surface area contributed by atoms with Crippen LogP contribution < -0.4 is 5.32 Å². The van der Waals surface area contributed by atoms with Crippen molar-refractivity contribution in [1.82, 2.24) is 20.4 Å². The van der Waals surface area contributed by atoms with Gasteiger partial charge in [-0.3, -0.25) is 4.90 Å². The van der Waals surface area contributed by atoms with Crippen molar-refractivity contribution in [1.29, 1.82) is 0 Å². The predicted octanol–water partition coefficient (Wildman–Crippen LogP) is 0.806. The van der Waals surface area contributed by atoms with Crippen molar-refractivity contribution in [3.63, 3.8) is 0 Å². The lowest BCUT2D eigenvalue weighted by Crippen LogP contribution is -2.51. The lowest BCUT2D eigenvalue weighted by atomic mass is 10.2. The van der Waals surface area contributed by atoms with Crippen LogP contribution in [0.4, 0.5) is 4.79 Å². The van der Waals surface area contributed by atoms with Crippen molar-refractivity contribution < 1.29 is 19.2 Å². The molecule has 9 heteroatoms. The summed E-state index contributed by atoms with van der Waals surface area (Å²) in [5.41, 5.74) is 0. The first-order valence-electron chi connectivity index (χ1n) is 6.66. The molecular weight excluding hydrogens is 296 g/mol. The minimum atomic E-state index is -0.973. The number of hydrogen-bond acceptors (Lipinski definition) is 6. The average molecular weight is 314 g/mol. The first kappa shape index (κ1) is 15.6. The number of rotatable bonds is 5. The third kappa shape index (κ3) is 3.66. The molecule has 2 rings (SSSR count). The van der Waals surface area contributed by atoms with E-state index in [1.165, 1.54) is 23.1 Å². The van der Waals surface area contributed by atoms with Crippen LogP contribution in [-0.4, -0.2) is 55.9 Å². The van der Waals surface area contributed by atoms with Gasteiger partial charge in [-0.1, -0.05) is 19.0 Å². The number of carboxylic acid groups (broad SMARTS) is 1. The van der Waals surface area contributed by atoms with Crippen molar-refractivity contribution in [2.75, 3.05) is 12.3 Å². The standard InChI is InChI=1S/C12H18N4O4S/c1-7(2)10-16(8(5-21-10)11(17)18)12(19)13-4-3-9-14-6-20-15-9/h6-8,10H,3-5H2,1-2H3,(H,13,19)(H,17,18). The van der Waals surface area contributed by atoms with E-state index in [2.05, 4.69) is 20.0 Å². The smallest absolute Gasteiger partial charge is 0.327 e. The van der Waals surface area contributed by atoms with E-state index in [4.69, 9.17) is 0 Å². The fraction of sp³-hybridized carbons (Fsp3) is 0.667. The minimum Gasteiger partial charge on any atom is -0.480 e. The SMILES string of the molecule is CC(C)C1SCC(C(=O)O)N1C(=O)NCCc1ncon1. The van der Waals surface area contributed by atoms with E-state index in [-0.39, 0.29) is 17.3 Å². The van der Waals surface area contributed by atoms with Crippen molar-refractivity contribution >= 4 is 23.8 Å². The zero-order valence-electron chi connectivity index (χ0n) is 11.9. The molecule has 2 amide bonds. The molecule has 1 aliphatic heterocycles. The van der Waals surface area contributed by atoms with Crippen LogP contribution in [0.25, 0.3) is 0 Å². The molecule has 0 saturated carbocycles. The van der Waals surface area contributed by atoms with Gasteiger partial charge < -0.3 is 14.9 Å². The number of hydrogen-bond donors (Lipinski definition) is 2. The first-order chi connectivity index (χ1) is 10.0. The number of carbonyl (C=O) groups is 2. The molecule has 1 saturated heterocycles. The molecule has 116 valence electrons. The van der Waals surface area contributed by atoms with E-state index in [0.717, 1.165) is 0 Å². The van der Waals surface area contributed by atoms with Crippen LogP contribution in [0.2, 0.25) is 0 Å². The topological polar surface area (TPSA) is 109 Å². The van der Waals surface area contributed by atoms with Gasteiger partial charge in [-0.25, -0.2) is 9.59 Å². The highest BCUT2D eigenvalue weighted by atomic mass is 32.2. The van der Waals surface area contributed by atoms with Crippen LogP contribution in [-0.2, 0) is 11.2 Å². The van der Waals surface area contributed by atoms with Crippen LogP contribution >= 0.6 is 11.8 Å². The van der Waals surface area contributed by atoms with Gasteiger partial charge in [-0.15, -0.1) is 11.8 Å². The summed E-state index contributed by atoms with van der Waals surface area (Å²) in [6, 6.07) is -1.15. The molecule has 1 aromatic rings. The quantitative estimate of drug-likeness (QED) is 0.827. The largest absolute Gasteiger partial charge is 0.480 e. The molecule has 0 aromatic carbocycles. The number of carboxylic acids is 1. The van der Waals surface area contributed by atoms with Gasteiger partial charge in [-0.05, 0) is 5.92 Å². The third-order valence-corrected chi connectivity index (χ3v) is 4.78. The van der Waals surface area contributed by atoms with Crippen molar-refractivity contribution in [2.24, 2.45) is 5.92 Å². The molecule has 0 bridgehead atoms. The first-order valence-corrected chi connectivity index (χ1v) is 7.71. The van der Waals surface area contributed by atoms with Gasteiger partial charge in [0.2, 0.25) is 6.39 Å². The summed E-state index contributed by atoms with van der Waals surface area (Å²) in [5.74, 6) is 0.124. The Morgan fingerprint density at radius 2 is 2.38 bits per heavy atom. The number of urea groups is 1. The zero-order chi connectivity index (χ0) is 15.4. The van der Waals surface area contributed by atoms with Crippen molar-refractivity contribution in [3.05, 3.63) is 12.2 Å².